The van der Waals surface area contributed by atoms with Crippen molar-refractivity contribution in [1.82, 2.24) is 5.32 Å². The third-order valence-electron chi connectivity index (χ3n) is 3.83. The highest BCUT2D eigenvalue weighted by molar-refractivity contribution is 8.00. The second kappa shape index (κ2) is 5.55. The van der Waals surface area contributed by atoms with Crippen LogP contribution in [0.1, 0.15) is 32.1 Å². The molecule has 1 unspecified atom stereocenters. The summed E-state index contributed by atoms with van der Waals surface area (Å²) >= 11 is 2.05. The molecule has 1 N–H and O–H groups in total. The molecular formula is C12H23NOS. The van der Waals surface area contributed by atoms with Crippen molar-refractivity contribution in [3.05, 3.63) is 0 Å². The van der Waals surface area contributed by atoms with E-state index in [4.69, 9.17) is 4.74 Å². The predicted molar refractivity (Wildman–Crippen MR) is 66.5 cm³/mol. The van der Waals surface area contributed by atoms with Gasteiger partial charge in [0.05, 0.1) is 6.61 Å². The summed E-state index contributed by atoms with van der Waals surface area (Å²) in [6, 6.07) is 0. The third-order valence-corrected chi connectivity index (χ3v) is 5.25. The Morgan fingerprint density at radius 2 is 2.27 bits per heavy atom. The first-order chi connectivity index (χ1) is 7.35. The van der Waals surface area contributed by atoms with Gasteiger partial charge in [0, 0.05) is 24.4 Å². The largest absolute Gasteiger partial charge is 0.381 e. The van der Waals surface area contributed by atoms with Gasteiger partial charge in [-0.2, -0.15) is 11.8 Å². The lowest BCUT2D eigenvalue weighted by atomic mass is 9.84. The van der Waals surface area contributed by atoms with E-state index in [0.29, 0.717) is 4.75 Å². The minimum Gasteiger partial charge on any atom is -0.381 e. The molecule has 1 heterocycles. The quantitative estimate of drug-likeness (QED) is 0.781. The van der Waals surface area contributed by atoms with Gasteiger partial charge in [-0.15, -0.1) is 0 Å². The van der Waals surface area contributed by atoms with E-state index in [1.807, 2.05) is 0 Å². The molecule has 88 valence electrons. The average molecular weight is 229 g/mol. The first-order valence-corrected chi connectivity index (χ1v) is 7.41. The minimum atomic E-state index is 0.579. The molecule has 2 nitrogen and oxygen atoms in total. The van der Waals surface area contributed by atoms with Crippen molar-refractivity contribution in [2.75, 3.05) is 32.6 Å². The third kappa shape index (κ3) is 3.11. The molecule has 1 saturated carbocycles. The summed E-state index contributed by atoms with van der Waals surface area (Å²) in [5.41, 5.74) is 0. The Morgan fingerprint density at radius 3 is 2.80 bits per heavy atom. The van der Waals surface area contributed by atoms with Crippen molar-refractivity contribution in [2.45, 2.75) is 36.9 Å². The zero-order chi connectivity index (χ0) is 10.6. The van der Waals surface area contributed by atoms with E-state index in [1.165, 1.54) is 38.6 Å². The molecule has 2 fully saturated rings. The van der Waals surface area contributed by atoms with Gasteiger partial charge in [-0.25, -0.2) is 0 Å². The Morgan fingerprint density at radius 1 is 1.40 bits per heavy atom. The fourth-order valence-electron chi connectivity index (χ4n) is 2.50. The minimum absolute atomic E-state index is 0.579. The maximum atomic E-state index is 5.49. The van der Waals surface area contributed by atoms with Crippen LogP contribution in [-0.2, 0) is 4.74 Å². The molecule has 0 bridgehead atoms. The van der Waals surface area contributed by atoms with Crippen LogP contribution in [0.15, 0.2) is 0 Å². The molecule has 1 aliphatic heterocycles. The second-order valence-corrected chi connectivity index (χ2v) is 6.23. The van der Waals surface area contributed by atoms with Crippen LogP contribution in [0.5, 0.6) is 0 Å². The molecular weight excluding hydrogens is 206 g/mol. The molecule has 0 spiro atoms. The van der Waals surface area contributed by atoms with Gasteiger partial charge < -0.3 is 10.1 Å². The van der Waals surface area contributed by atoms with E-state index < -0.39 is 0 Å². The van der Waals surface area contributed by atoms with Gasteiger partial charge in [0.2, 0.25) is 0 Å². The summed E-state index contributed by atoms with van der Waals surface area (Å²) in [5.74, 6) is 0.762. The van der Waals surface area contributed by atoms with Gasteiger partial charge in [-0.3, -0.25) is 0 Å². The van der Waals surface area contributed by atoms with E-state index in [0.717, 1.165) is 25.7 Å². The fraction of sp³-hybridized carbons (Fsp3) is 1.00. The van der Waals surface area contributed by atoms with Crippen molar-refractivity contribution in [1.29, 1.82) is 0 Å². The predicted octanol–water partition coefficient (Wildman–Crippen LogP) is 2.29. The van der Waals surface area contributed by atoms with Crippen LogP contribution >= 0.6 is 11.8 Å². The van der Waals surface area contributed by atoms with Crippen LogP contribution in [0.4, 0.5) is 0 Å². The van der Waals surface area contributed by atoms with Crippen LogP contribution in [0.2, 0.25) is 0 Å². The van der Waals surface area contributed by atoms with Gasteiger partial charge >= 0.3 is 0 Å². The maximum Gasteiger partial charge on any atom is 0.0506 e. The smallest absolute Gasteiger partial charge is 0.0506 e. The lowest BCUT2D eigenvalue weighted by Gasteiger charge is -2.41. The van der Waals surface area contributed by atoms with E-state index in [2.05, 4.69) is 23.3 Å². The van der Waals surface area contributed by atoms with Crippen molar-refractivity contribution in [3.8, 4) is 0 Å². The molecule has 0 aromatic rings. The topological polar surface area (TPSA) is 21.3 Å². The SMILES string of the molecule is CSC1(CNCC2CCCOC2)CCC1. The van der Waals surface area contributed by atoms with Crippen LogP contribution in [-0.4, -0.2) is 37.3 Å². The van der Waals surface area contributed by atoms with Crippen molar-refractivity contribution < 1.29 is 4.74 Å². The highest BCUT2D eigenvalue weighted by atomic mass is 32.2. The Bertz CT molecular complexity index is 183. The van der Waals surface area contributed by atoms with Crippen molar-refractivity contribution in [2.24, 2.45) is 5.92 Å². The number of hydrogen-bond acceptors (Lipinski definition) is 3. The molecule has 2 aliphatic rings. The van der Waals surface area contributed by atoms with E-state index in [1.54, 1.807) is 0 Å². The molecule has 0 amide bonds. The summed E-state index contributed by atoms with van der Waals surface area (Å²) in [5, 5.41) is 3.65. The molecule has 0 aromatic heterocycles. The fourth-order valence-corrected chi connectivity index (χ4v) is 3.44. The van der Waals surface area contributed by atoms with Gasteiger partial charge in [-0.05, 0) is 37.9 Å². The van der Waals surface area contributed by atoms with E-state index >= 15 is 0 Å². The Kier molecular flexibility index (Phi) is 4.35. The number of nitrogens with one attached hydrogen (secondary N) is 1. The van der Waals surface area contributed by atoms with Gasteiger partial charge in [0.25, 0.3) is 0 Å². The molecule has 1 atom stereocenters. The molecule has 15 heavy (non-hydrogen) atoms. The molecule has 1 aliphatic carbocycles. The summed E-state index contributed by atoms with van der Waals surface area (Å²) in [7, 11) is 0. The number of thioether (sulfide) groups is 1. The van der Waals surface area contributed by atoms with Crippen molar-refractivity contribution in [3.63, 3.8) is 0 Å². The van der Waals surface area contributed by atoms with E-state index in [9.17, 15) is 0 Å². The molecule has 2 rings (SSSR count). The number of hydrogen-bond donors (Lipinski definition) is 1. The number of rotatable bonds is 5. The Hall–Kier alpha value is 0.270. The molecule has 1 saturated heterocycles. The summed E-state index contributed by atoms with van der Waals surface area (Å²) in [6.07, 6.45) is 9.09. The summed E-state index contributed by atoms with van der Waals surface area (Å²) in [4.78, 5) is 0. The summed E-state index contributed by atoms with van der Waals surface area (Å²) < 4.78 is 6.07. The van der Waals surface area contributed by atoms with Gasteiger partial charge in [0.15, 0.2) is 0 Å². The standard InChI is InChI=1S/C12H23NOS/c1-15-12(5-3-6-12)10-13-8-11-4-2-7-14-9-11/h11,13H,2-10H2,1H3. The maximum absolute atomic E-state index is 5.49. The Balaban J connectivity index is 1.61. The lowest BCUT2D eigenvalue weighted by Crippen LogP contribution is -2.45. The highest BCUT2D eigenvalue weighted by Crippen LogP contribution is 2.42. The molecule has 3 heteroatoms. The van der Waals surface area contributed by atoms with Crippen molar-refractivity contribution >= 4 is 11.8 Å². The van der Waals surface area contributed by atoms with E-state index in [-0.39, 0.29) is 0 Å². The number of ether oxygens (including phenoxy) is 1. The van der Waals surface area contributed by atoms with Gasteiger partial charge in [-0.1, -0.05) is 6.42 Å². The molecule has 0 radical (unpaired) electrons. The van der Waals surface area contributed by atoms with Crippen LogP contribution < -0.4 is 5.32 Å². The lowest BCUT2D eigenvalue weighted by molar-refractivity contribution is 0.0544. The second-order valence-electron chi connectivity index (χ2n) is 4.95. The Labute approximate surface area is 97.5 Å². The zero-order valence-corrected chi connectivity index (χ0v) is 10.6. The average Bonchev–Trinajstić information content (AvgIpc) is 2.24. The first kappa shape index (κ1) is 11.7. The monoisotopic (exact) mass is 229 g/mol. The van der Waals surface area contributed by atoms with Crippen LogP contribution in [0.25, 0.3) is 0 Å². The highest BCUT2D eigenvalue weighted by Gasteiger charge is 2.35. The van der Waals surface area contributed by atoms with Crippen LogP contribution in [0.3, 0.4) is 0 Å². The zero-order valence-electron chi connectivity index (χ0n) is 9.76. The first-order valence-electron chi connectivity index (χ1n) is 6.18. The van der Waals surface area contributed by atoms with Gasteiger partial charge in [0.1, 0.15) is 0 Å². The van der Waals surface area contributed by atoms with Crippen LogP contribution in [0, 0.1) is 5.92 Å². The summed E-state index contributed by atoms with van der Waals surface area (Å²) in [6.45, 7) is 4.30. The molecule has 0 aromatic carbocycles. The normalized spacial score (nSPS) is 29.8.